The second-order valence-corrected chi connectivity index (χ2v) is 5.20. The average Bonchev–Trinajstić information content (AvgIpc) is 2.93. The van der Waals surface area contributed by atoms with E-state index in [0.29, 0.717) is 0 Å². The van der Waals surface area contributed by atoms with Gasteiger partial charge in [-0.1, -0.05) is 0 Å². The summed E-state index contributed by atoms with van der Waals surface area (Å²) in [7, 11) is 3.47. The summed E-state index contributed by atoms with van der Waals surface area (Å²) in [5, 5.41) is 3.23. The van der Waals surface area contributed by atoms with Crippen molar-refractivity contribution in [2.24, 2.45) is 5.92 Å². The quantitative estimate of drug-likeness (QED) is 0.904. The van der Waals surface area contributed by atoms with Crippen LogP contribution < -0.4 is 15.0 Å². The van der Waals surface area contributed by atoms with Gasteiger partial charge in [0.25, 0.3) is 0 Å². The number of hydrogen-bond acceptors (Lipinski definition) is 3. The van der Waals surface area contributed by atoms with Crippen LogP contribution in [0, 0.1) is 19.8 Å². The van der Waals surface area contributed by atoms with Crippen LogP contribution in [0.25, 0.3) is 0 Å². The molecule has 1 unspecified atom stereocenters. The molecule has 1 heterocycles. The summed E-state index contributed by atoms with van der Waals surface area (Å²) in [6.07, 6.45) is 0.913. The molecule has 1 aromatic carbocycles. The molecule has 0 spiro atoms. The zero-order chi connectivity index (χ0) is 14.0. The SMILES string of the molecule is COc1cc(C)c(C)cc1N(C)C(=O)C1CCNC1. The minimum Gasteiger partial charge on any atom is -0.495 e. The number of benzene rings is 1. The molecule has 0 radical (unpaired) electrons. The fraction of sp³-hybridized carbons (Fsp3) is 0.533. The Morgan fingerprint density at radius 3 is 2.63 bits per heavy atom. The Bertz CT molecular complexity index is 479. The van der Waals surface area contributed by atoms with E-state index in [0.717, 1.165) is 30.9 Å². The number of methoxy groups -OCH3 is 1. The molecule has 1 amide bonds. The van der Waals surface area contributed by atoms with E-state index in [9.17, 15) is 4.79 Å². The maximum absolute atomic E-state index is 12.4. The Morgan fingerprint density at radius 1 is 1.37 bits per heavy atom. The van der Waals surface area contributed by atoms with E-state index in [-0.39, 0.29) is 11.8 Å². The molecule has 1 atom stereocenters. The van der Waals surface area contributed by atoms with Crippen LogP contribution in [0.1, 0.15) is 17.5 Å². The van der Waals surface area contributed by atoms with Crippen molar-refractivity contribution >= 4 is 11.6 Å². The zero-order valence-electron chi connectivity index (χ0n) is 12.1. The molecule has 0 aromatic heterocycles. The number of rotatable bonds is 3. The molecule has 1 fully saturated rings. The van der Waals surface area contributed by atoms with E-state index in [2.05, 4.69) is 5.32 Å². The van der Waals surface area contributed by atoms with E-state index < -0.39 is 0 Å². The van der Waals surface area contributed by atoms with Crippen LogP contribution in [0.2, 0.25) is 0 Å². The first-order chi connectivity index (χ1) is 9.04. The van der Waals surface area contributed by atoms with Crippen molar-refractivity contribution in [3.05, 3.63) is 23.3 Å². The van der Waals surface area contributed by atoms with Crippen LogP contribution in [0.15, 0.2) is 12.1 Å². The van der Waals surface area contributed by atoms with Gasteiger partial charge in [0, 0.05) is 13.6 Å². The number of anilines is 1. The largest absolute Gasteiger partial charge is 0.495 e. The van der Waals surface area contributed by atoms with Crippen LogP contribution in [-0.4, -0.2) is 33.2 Å². The molecule has 1 aliphatic rings. The van der Waals surface area contributed by atoms with Gasteiger partial charge >= 0.3 is 0 Å². The van der Waals surface area contributed by atoms with Crippen molar-refractivity contribution in [2.75, 3.05) is 32.1 Å². The number of aryl methyl sites for hydroxylation is 2. The second-order valence-electron chi connectivity index (χ2n) is 5.20. The van der Waals surface area contributed by atoms with E-state index >= 15 is 0 Å². The number of nitrogens with zero attached hydrogens (tertiary/aromatic N) is 1. The molecule has 4 nitrogen and oxygen atoms in total. The third-order valence-electron chi connectivity index (χ3n) is 3.90. The number of nitrogens with one attached hydrogen (secondary N) is 1. The highest BCUT2D eigenvalue weighted by atomic mass is 16.5. The Kier molecular flexibility index (Phi) is 4.10. The fourth-order valence-corrected chi connectivity index (χ4v) is 2.46. The second kappa shape index (κ2) is 5.61. The number of carbonyl (C=O) groups is 1. The maximum atomic E-state index is 12.4. The standard InChI is InChI=1S/C15H22N2O2/c1-10-7-13(14(19-4)8-11(10)2)17(3)15(18)12-5-6-16-9-12/h7-8,12,16H,5-6,9H2,1-4H3. The van der Waals surface area contributed by atoms with Gasteiger partial charge in [0.2, 0.25) is 5.91 Å². The van der Waals surface area contributed by atoms with Crippen LogP contribution in [0.4, 0.5) is 5.69 Å². The Morgan fingerprint density at radius 2 is 2.05 bits per heavy atom. The summed E-state index contributed by atoms with van der Waals surface area (Å²) < 4.78 is 5.41. The molecule has 0 saturated carbocycles. The monoisotopic (exact) mass is 262 g/mol. The van der Waals surface area contributed by atoms with E-state index in [1.54, 1.807) is 12.0 Å². The third-order valence-corrected chi connectivity index (χ3v) is 3.90. The first kappa shape index (κ1) is 13.9. The highest BCUT2D eigenvalue weighted by molar-refractivity contribution is 5.96. The summed E-state index contributed by atoms with van der Waals surface area (Å²) in [5.74, 6) is 0.993. The van der Waals surface area contributed by atoms with Crippen molar-refractivity contribution in [3.8, 4) is 5.75 Å². The predicted molar refractivity (Wildman–Crippen MR) is 76.9 cm³/mol. The molecule has 0 bridgehead atoms. The van der Waals surface area contributed by atoms with Gasteiger partial charge in [0.15, 0.2) is 0 Å². The zero-order valence-corrected chi connectivity index (χ0v) is 12.1. The van der Waals surface area contributed by atoms with E-state index in [1.165, 1.54) is 11.1 Å². The van der Waals surface area contributed by atoms with Crippen molar-refractivity contribution in [3.63, 3.8) is 0 Å². The molecule has 1 aromatic rings. The highest BCUT2D eigenvalue weighted by Crippen LogP contribution is 2.31. The third kappa shape index (κ3) is 2.73. The van der Waals surface area contributed by atoms with Gasteiger partial charge in [-0.2, -0.15) is 0 Å². The average molecular weight is 262 g/mol. The van der Waals surface area contributed by atoms with Gasteiger partial charge < -0.3 is 15.0 Å². The Balaban J connectivity index is 2.29. The molecule has 19 heavy (non-hydrogen) atoms. The number of carbonyl (C=O) groups excluding carboxylic acids is 1. The number of ether oxygens (including phenoxy) is 1. The molecular formula is C15H22N2O2. The van der Waals surface area contributed by atoms with Crippen LogP contribution in [0.5, 0.6) is 5.75 Å². The molecule has 1 aliphatic heterocycles. The minimum atomic E-state index is 0.0799. The smallest absolute Gasteiger partial charge is 0.231 e. The Labute approximate surface area is 114 Å². The maximum Gasteiger partial charge on any atom is 0.231 e. The molecular weight excluding hydrogens is 240 g/mol. The topological polar surface area (TPSA) is 41.6 Å². The first-order valence-corrected chi connectivity index (χ1v) is 6.68. The summed E-state index contributed by atoms with van der Waals surface area (Å²) in [6.45, 7) is 5.79. The summed E-state index contributed by atoms with van der Waals surface area (Å²) in [6, 6.07) is 4.01. The van der Waals surface area contributed by atoms with Gasteiger partial charge in [-0.15, -0.1) is 0 Å². The minimum absolute atomic E-state index is 0.0799. The van der Waals surface area contributed by atoms with Crippen LogP contribution in [0.3, 0.4) is 0 Å². The van der Waals surface area contributed by atoms with Gasteiger partial charge in [-0.25, -0.2) is 0 Å². The lowest BCUT2D eigenvalue weighted by Gasteiger charge is -2.23. The van der Waals surface area contributed by atoms with Gasteiger partial charge in [-0.05, 0) is 50.1 Å². The number of amides is 1. The normalized spacial score (nSPS) is 18.4. The molecule has 1 saturated heterocycles. The molecule has 104 valence electrons. The van der Waals surface area contributed by atoms with Crippen molar-refractivity contribution in [1.29, 1.82) is 0 Å². The summed E-state index contributed by atoms with van der Waals surface area (Å²) >= 11 is 0. The summed E-state index contributed by atoms with van der Waals surface area (Å²) in [4.78, 5) is 14.2. The Hall–Kier alpha value is -1.55. The van der Waals surface area contributed by atoms with Crippen molar-refractivity contribution < 1.29 is 9.53 Å². The van der Waals surface area contributed by atoms with Gasteiger partial charge in [0.05, 0.1) is 18.7 Å². The molecule has 1 N–H and O–H groups in total. The molecule has 0 aliphatic carbocycles. The lowest BCUT2D eigenvalue weighted by atomic mass is 10.0. The van der Waals surface area contributed by atoms with Gasteiger partial charge in [-0.3, -0.25) is 4.79 Å². The molecule has 4 heteroatoms. The predicted octanol–water partition coefficient (Wildman–Crippen LogP) is 1.88. The molecule has 2 rings (SSSR count). The van der Waals surface area contributed by atoms with Crippen LogP contribution in [-0.2, 0) is 4.79 Å². The highest BCUT2D eigenvalue weighted by Gasteiger charge is 2.27. The fourth-order valence-electron chi connectivity index (χ4n) is 2.46. The van der Waals surface area contributed by atoms with Crippen molar-refractivity contribution in [2.45, 2.75) is 20.3 Å². The van der Waals surface area contributed by atoms with E-state index in [1.807, 2.05) is 33.0 Å². The lowest BCUT2D eigenvalue weighted by Crippen LogP contribution is -2.34. The van der Waals surface area contributed by atoms with Crippen LogP contribution >= 0.6 is 0 Å². The first-order valence-electron chi connectivity index (χ1n) is 6.68. The van der Waals surface area contributed by atoms with Crippen molar-refractivity contribution in [1.82, 2.24) is 5.32 Å². The lowest BCUT2D eigenvalue weighted by molar-refractivity contribution is -0.121. The van der Waals surface area contributed by atoms with E-state index in [4.69, 9.17) is 4.74 Å². The van der Waals surface area contributed by atoms with Gasteiger partial charge in [0.1, 0.15) is 5.75 Å². The summed E-state index contributed by atoms with van der Waals surface area (Å²) in [5.41, 5.74) is 3.19. The number of hydrogen-bond donors (Lipinski definition) is 1.